The molecule has 1 N–H and O–H groups in total. The van der Waals surface area contributed by atoms with E-state index in [0.717, 1.165) is 0 Å². The second-order valence-corrected chi connectivity index (χ2v) is 4.34. The number of amides is 1. The molecule has 0 radical (unpaired) electrons. The Balaban J connectivity index is 2.29. The maximum absolute atomic E-state index is 11.3. The van der Waals surface area contributed by atoms with Crippen molar-refractivity contribution in [3.8, 4) is 0 Å². The third-order valence-corrected chi connectivity index (χ3v) is 2.00. The van der Waals surface area contributed by atoms with Gasteiger partial charge in [-0.2, -0.15) is 0 Å². The van der Waals surface area contributed by atoms with Crippen LogP contribution in [0.5, 0.6) is 0 Å². The molecule has 0 saturated carbocycles. The Labute approximate surface area is 73.4 Å². The molecule has 1 saturated heterocycles. The van der Waals surface area contributed by atoms with Crippen LogP contribution in [0.3, 0.4) is 0 Å². The molecule has 0 aromatic heterocycles. The number of likely N-dealkylation sites (tertiary alicyclic amines) is 1. The maximum atomic E-state index is 11.3. The molecule has 12 heavy (non-hydrogen) atoms. The van der Waals surface area contributed by atoms with Crippen LogP contribution in [0, 0.1) is 5.92 Å². The lowest BCUT2D eigenvalue weighted by Gasteiger charge is -2.44. The molecule has 1 fully saturated rings. The highest BCUT2D eigenvalue weighted by molar-refractivity contribution is 5.77. The van der Waals surface area contributed by atoms with Crippen molar-refractivity contribution in [1.29, 1.82) is 0 Å². The largest absolute Gasteiger partial charge is 0.386 e. The molecule has 0 bridgehead atoms. The van der Waals surface area contributed by atoms with Gasteiger partial charge in [-0.1, -0.05) is 13.8 Å². The minimum atomic E-state index is -0.632. The number of hydrogen-bond acceptors (Lipinski definition) is 2. The highest BCUT2D eigenvalue weighted by Crippen LogP contribution is 2.21. The first kappa shape index (κ1) is 9.52. The molecule has 1 amide bonds. The Bertz CT molecular complexity index is 179. The van der Waals surface area contributed by atoms with Crippen LogP contribution >= 0.6 is 0 Å². The van der Waals surface area contributed by atoms with Crippen LogP contribution in [0.4, 0.5) is 0 Å². The van der Waals surface area contributed by atoms with Crippen LogP contribution in [0.25, 0.3) is 0 Å². The number of rotatable bonds is 2. The molecular weight excluding hydrogens is 154 g/mol. The van der Waals surface area contributed by atoms with Gasteiger partial charge in [0.25, 0.3) is 0 Å². The Kier molecular flexibility index (Phi) is 2.42. The third kappa shape index (κ3) is 2.21. The van der Waals surface area contributed by atoms with E-state index in [1.54, 1.807) is 11.8 Å². The monoisotopic (exact) mass is 171 g/mol. The van der Waals surface area contributed by atoms with E-state index in [0.29, 0.717) is 25.4 Å². The fraction of sp³-hybridized carbons (Fsp3) is 0.889. The second kappa shape index (κ2) is 3.05. The lowest BCUT2D eigenvalue weighted by Crippen LogP contribution is -2.61. The first-order valence-corrected chi connectivity index (χ1v) is 4.41. The lowest BCUT2D eigenvalue weighted by molar-refractivity contribution is -0.153. The summed E-state index contributed by atoms with van der Waals surface area (Å²) in [6.45, 7) is 6.80. The number of hydrogen-bond donors (Lipinski definition) is 1. The Morgan fingerprint density at radius 1 is 1.58 bits per heavy atom. The van der Waals surface area contributed by atoms with Crippen molar-refractivity contribution in [3.63, 3.8) is 0 Å². The second-order valence-electron chi connectivity index (χ2n) is 4.34. The van der Waals surface area contributed by atoms with E-state index in [-0.39, 0.29) is 5.91 Å². The van der Waals surface area contributed by atoms with Crippen LogP contribution in [0.2, 0.25) is 0 Å². The van der Waals surface area contributed by atoms with Crippen molar-refractivity contribution < 1.29 is 9.90 Å². The van der Waals surface area contributed by atoms with E-state index in [9.17, 15) is 9.90 Å². The molecule has 3 heteroatoms. The van der Waals surface area contributed by atoms with Gasteiger partial charge in [0.15, 0.2) is 0 Å². The van der Waals surface area contributed by atoms with Crippen molar-refractivity contribution in [2.45, 2.75) is 32.8 Å². The van der Waals surface area contributed by atoms with Crippen molar-refractivity contribution in [2.24, 2.45) is 5.92 Å². The van der Waals surface area contributed by atoms with Gasteiger partial charge in [0.2, 0.25) is 5.91 Å². The molecule has 0 unspecified atom stereocenters. The van der Waals surface area contributed by atoms with Crippen molar-refractivity contribution in [1.82, 2.24) is 4.90 Å². The number of β-amino-alcohol motifs (C(OH)–C–C–N with tert-alkyl or cyclic N) is 1. The maximum Gasteiger partial charge on any atom is 0.223 e. The summed E-state index contributed by atoms with van der Waals surface area (Å²) in [5.74, 6) is 0.569. The smallest absolute Gasteiger partial charge is 0.223 e. The van der Waals surface area contributed by atoms with E-state index >= 15 is 0 Å². The zero-order chi connectivity index (χ0) is 9.35. The van der Waals surface area contributed by atoms with E-state index in [1.165, 1.54) is 0 Å². The molecule has 1 aliphatic rings. The van der Waals surface area contributed by atoms with Gasteiger partial charge in [0.1, 0.15) is 0 Å². The number of carbonyl (C=O) groups is 1. The van der Waals surface area contributed by atoms with E-state index in [1.807, 2.05) is 13.8 Å². The van der Waals surface area contributed by atoms with Gasteiger partial charge in [-0.25, -0.2) is 0 Å². The van der Waals surface area contributed by atoms with Gasteiger partial charge >= 0.3 is 0 Å². The minimum absolute atomic E-state index is 0.163. The first-order valence-electron chi connectivity index (χ1n) is 4.41. The van der Waals surface area contributed by atoms with Crippen LogP contribution in [0.15, 0.2) is 0 Å². The summed E-state index contributed by atoms with van der Waals surface area (Å²) in [6.07, 6.45) is 0.593. The Morgan fingerprint density at radius 2 is 2.08 bits per heavy atom. The quantitative estimate of drug-likeness (QED) is 0.662. The fourth-order valence-electron chi connectivity index (χ4n) is 1.43. The predicted octanol–water partition coefficient (Wildman–Crippen LogP) is 0.626. The molecule has 0 aliphatic carbocycles. The third-order valence-electron chi connectivity index (χ3n) is 2.00. The van der Waals surface area contributed by atoms with Gasteiger partial charge in [0.05, 0.1) is 18.7 Å². The molecule has 0 spiro atoms. The highest BCUT2D eigenvalue weighted by atomic mass is 16.3. The molecule has 0 aromatic rings. The number of aliphatic hydroxyl groups is 1. The van der Waals surface area contributed by atoms with Gasteiger partial charge in [-0.05, 0) is 12.8 Å². The summed E-state index contributed by atoms with van der Waals surface area (Å²) in [4.78, 5) is 13.0. The molecule has 0 aromatic carbocycles. The van der Waals surface area contributed by atoms with Gasteiger partial charge in [0, 0.05) is 6.42 Å². The van der Waals surface area contributed by atoms with E-state index in [2.05, 4.69) is 0 Å². The van der Waals surface area contributed by atoms with Crippen LogP contribution in [0.1, 0.15) is 27.2 Å². The van der Waals surface area contributed by atoms with Crippen molar-refractivity contribution >= 4 is 5.91 Å². The molecule has 70 valence electrons. The normalized spacial score (nSPS) is 20.9. The van der Waals surface area contributed by atoms with Gasteiger partial charge < -0.3 is 10.0 Å². The standard InChI is InChI=1S/C9H17NO2/c1-7(2)4-8(11)10-5-9(3,12)6-10/h7,12H,4-6H2,1-3H3. The number of carbonyl (C=O) groups excluding carboxylic acids is 1. The molecule has 1 heterocycles. The topological polar surface area (TPSA) is 40.5 Å². The first-order chi connectivity index (χ1) is 5.41. The van der Waals surface area contributed by atoms with Gasteiger partial charge in [-0.3, -0.25) is 4.79 Å². The highest BCUT2D eigenvalue weighted by Gasteiger charge is 2.38. The summed E-state index contributed by atoms with van der Waals surface area (Å²) < 4.78 is 0. The predicted molar refractivity (Wildman–Crippen MR) is 46.7 cm³/mol. The fourth-order valence-corrected chi connectivity index (χ4v) is 1.43. The summed E-state index contributed by atoms with van der Waals surface area (Å²) in [6, 6.07) is 0. The van der Waals surface area contributed by atoms with Crippen LogP contribution in [-0.2, 0) is 4.79 Å². The minimum Gasteiger partial charge on any atom is -0.386 e. The van der Waals surface area contributed by atoms with E-state index in [4.69, 9.17) is 0 Å². The average molecular weight is 171 g/mol. The molecule has 3 nitrogen and oxygen atoms in total. The summed E-state index contributed by atoms with van der Waals surface area (Å²) in [5.41, 5.74) is -0.632. The zero-order valence-corrected chi connectivity index (χ0v) is 8.00. The summed E-state index contributed by atoms with van der Waals surface area (Å²) in [7, 11) is 0. The molecule has 1 aliphatic heterocycles. The zero-order valence-electron chi connectivity index (χ0n) is 8.00. The number of nitrogens with zero attached hydrogens (tertiary/aromatic N) is 1. The van der Waals surface area contributed by atoms with Crippen LogP contribution < -0.4 is 0 Å². The van der Waals surface area contributed by atoms with Crippen LogP contribution in [-0.4, -0.2) is 34.6 Å². The average Bonchev–Trinajstić information content (AvgIpc) is 1.80. The molecular formula is C9H17NO2. The van der Waals surface area contributed by atoms with Gasteiger partial charge in [-0.15, -0.1) is 0 Å². The van der Waals surface area contributed by atoms with Crippen molar-refractivity contribution in [3.05, 3.63) is 0 Å². The van der Waals surface area contributed by atoms with E-state index < -0.39 is 5.60 Å². The van der Waals surface area contributed by atoms with Crippen molar-refractivity contribution in [2.75, 3.05) is 13.1 Å². The lowest BCUT2D eigenvalue weighted by atomic mass is 9.95. The summed E-state index contributed by atoms with van der Waals surface area (Å²) in [5, 5.41) is 9.37. The Hall–Kier alpha value is -0.570. The molecule has 0 atom stereocenters. The summed E-state index contributed by atoms with van der Waals surface area (Å²) >= 11 is 0. The SMILES string of the molecule is CC(C)CC(=O)N1CC(C)(O)C1. The Morgan fingerprint density at radius 3 is 2.42 bits per heavy atom. The molecule has 1 rings (SSSR count).